The lowest BCUT2D eigenvalue weighted by molar-refractivity contribution is 0.0696. The van der Waals surface area contributed by atoms with E-state index in [1.54, 1.807) is 12.1 Å². The number of hydrogen-bond acceptors (Lipinski definition) is 5. The number of likely N-dealkylation sites (N-methyl/N-ethyl adjacent to an activating group) is 1. The van der Waals surface area contributed by atoms with Gasteiger partial charge in [-0.05, 0) is 83.9 Å². The molecule has 0 radical (unpaired) electrons. The number of aromatic carboxylic acids is 1. The van der Waals surface area contributed by atoms with E-state index in [1.807, 2.05) is 49.4 Å². The van der Waals surface area contributed by atoms with E-state index in [1.165, 1.54) is 30.3 Å². The van der Waals surface area contributed by atoms with E-state index in [-0.39, 0.29) is 28.0 Å². The van der Waals surface area contributed by atoms with Gasteiger partial charge in [0.05, 0.1) is 16.3 Å². The van der Waals surface area contributed by atoms with E-state index in [2.05, 4.69) is 5.16 Å². The summed E-state index contributed by atoms with van der Waals surface area (Å²) in [6.07, 6.45) is 6.01. The number of carbonyl (C=O) groups is 1. The van der Waals surface area contributed by atoms with Crippen molar-refractivity contribution in [3.8, 4) is 11.5 Å². The van der Waals surface area contributed by atoms with Crippen LogP contribution in [0.2, 0.25) is 10.0 Å². The van der Waals surface area contributed by atoms with Crippen molar-refractivity contribution in [1.29, 1.82) is 0 Å². The number of allylic oxidation sites excluding steroid dienone is 2. The smallest absolute Gasteiger partial charge is 0.337 e. The van der Waals surface area contributed by atoms with Gasteiger partial charge in [-0.2, -0.15) is 0 Å². The first-order valence-electron chi connectivity index (χ1n) is 11.7. The zero-order valence-corrected chi connectivity index (χ0v) is 22.2. The van der Waals surface area contributed by atoms with Crippen molar-refractivity contribution in [2.75, 3.05) is 13.6 Å². The molecule has 0 amide bonds. The molecule has 0 saturated heterocycles. The maximum absolute atomic E-state index is 15.3. The topological polar surface area (TPSA) is 82.4 Å². The third-order valence-electron chi connectivity index (χ3n) is 6.31. The van der Waals surface area contributed by atoms with Crippen molar-refractivity contribution in [3.63, 3.8) is 0 Å². The molecule has 6 nitrogen and oxygen atoms in total. The van der Waals surface area contributed by atoms with Crippen molar-refractivity contribution in [3.05, 3.63) is 117 Å². The predicted molar refractivity (Wildman–Crippen MR) is 147 cm³/mol. The zero-order chi connectivity index (χ0) is 27.4. The van der Waals surface area contributed by atoms with Crippen LogP contribution >= 0.6 is 23.2 Å². The van der Waals surface area contributed by atoms with E-state index in [9.17, 15) is 15.1 Å². The van der Waals surface area contributed by atoms with Gasteiger partial charge >= 0.3 is 5.97 Å². The normalized spacial score (nSPS) is 14.3. The standard InChI is InChI=1S/C29H25Cl2FN2O4/c1-17-12-20(30)6-8-22(17)23(15-27(33-37)19-4-3-11-34(2)16-19)18-5-10-28(26(32)13-18)38-21-7-9-25(31)24(14-21)29(35)36/h3-14,23,37H,15-16H2,1-2H3,(H,35,36). The molecular weight excluding hydrogens is 530 g/mol. The van der Waals surface area contributed by atoms with Crippen LogP contribution in [0, 0.1) is 12.7 Å². The molecule has 1 aliphatic heterocycles. The average Bonchev–Trinajstić information content (AvgIpc) is 2.87. The fourth-order valence-electron chi connectivity index (χ4n) is 4.41. The SMILES string of the molecule is Cc1cc(Cl)ccc1C(CC(=NO)C1=CC=CN(C)C1)c1ccc(Oc2ccc(Cl)c(C(=O)O)c2)c(F)c1. The van der Waals surface area contributed by atoms with Crippen LogP contribution in [0.4, 0.5) is 4.39 Å². The van der Waals surface area contributed by atoms with Crippen molar-refractivity contribution in [2.24, 2.45) is 5.16 Å². The summed E-state index contributed by atoms with van der Waals surface area (Å²) in [5.74, 6) is -2.13. The Hall–Kier alpha value is -3.81. The Labute approximate surface area is 229 Å². The minimum atomic E-state index is -1.21. The molecule has 3 aromatic rings. The van der Waals surface area contributed by atoms with Crippen LogP contribution in [-0.2, 0) is 0 Å². The second-order valence-corrected chi connectivity index (χ2v) is 9.84. The van der Waals surface area contributed by atoms with Crippen LogP contribution in [0.3, 0.4) is 0 Å². The summed E-state index contributed by atoms with van der Waals surface area (Å²) < 4.78 is 21.0. The first-order valence-corrected chi connectivity index (χ1v) is 12.5. The van der Waals surface area contributed by atoms with Gasteiger partial charge in [-0.25, -0.2) is 9.18 Å². The number of rotatable bonds is 8. The molecular formula is C29H25Cl2FN2O4. The number of carboxylic acids is 1. The van der Waals surface area contributed by atoms with Crippen molar-refractivity contribution < 1.29 is 24.2 Å². The largest absolute Gasteiger partial charge is 0.478 e. The number of aryl methyl sites for hydroxylation is 1. The Kier molecular flexibility index (Phi) is 8.39. The third-order valence-corrected chi connectivity index (χ3v) is 6.87. The van der Waals surface area contributed by atoms with Gasteiger partial charge in [-0.15, -0.1) is 0 Å². The molecule has 1 aliphatic rings. The van der Waals surface area contributed by atoms with Gasteiger partial charge in [0.15, 0.2) is 11.6 Å². The Morgan fingerprint density at radius 3 is 2.61 bits per heavy atom. The lowest BCUT2D eigenvalue weighted by Gasteiger charge is -2.25. The van der Waals surface area contributed by atoms with Gasteiger partial charge in [-0.1, -0.05) is 46.6 Å². The van der Waals surface area contributed by atoms with Gasteiger partial charge < -0.3 is 20.0 Å². The summed E-state index contributed by atoms with van der Waals surface area (Å²) in [5.41, 5.74) is 3.66. The van der Waals surface area contributed by atoms with Crippen LogP contribution in [0.25, 0.3) is 0 Å². The highest BCUT2D eigenvalue weighted by atomic mass is 35.5. The van der Waals surface area contributed by atoms with Crippen molar-refractivity contribution in [1.82, 2.24) is 4.90 Å². The number of ether oxygens (including phenoxy) is 1. The lowest BCUT2D eigenvalue weighted by Crippen LogP contribution is -2.23. The monoisotopic (exact) mass is 554 g/mol. The van der Waals surface area contributed by atoms with Gasteiger partial charge in [0.2, 0.25) is 0 Å². The Bertz CT molecular complexity index is 1470. The summed E-state index contributed by atoms with van der Waals surface area (Å²) in [6.45, 7) is 2.50. The maximum Gasteiger partial charge on any atom is 0.337 e. The van der Waals surface area contributed by atoms with E-state index in [4.69, 9.17) is 27.9 Å². The van der Waals surface area contributed by atoms with Crippen molar-refractivity contribution in [2.45, 2.75) is 19.3 Å². The molecule has 38 heavy (non-hydrogen) atoms. The number of nitrogens with zero attached hydrogens (tertiary/aromatic N) is 2. The second-order valence-electron chi connectivity index (χ2n) is 8.99. The number of carboxylic acid groups (broad SMARTS) is 1. The number of hydrogen-bond donors (Lipinski definition) is 2. The molecule has 0 fully saturated rings. The fourth-order valence-corrected chi connectivity index (χ4v) is 4.83. The van der Waals surface area contributed by atoms with Gasteiger partial charge in [-0.3, -0.25) is 0 Å². The van der Waals surface area contributed by atoms with Gasteiger partial charge in [0, 0.05) is 31.0 Å². The summed E-state index contributed by atoms with van der Waals surface area (Å²) in [4.78, 5) is 13.4. The van der Waals surface area contributed by atoms with Crippen LogP contribution in [0.15, 0.2) is 83.7 Å². The average molecular weight is 555 g/mol. The van der Waals surface area contributed by atoms with Crippen molar-refractivity contribution >= 4 is 34.9 Å². The van der Waals surface area contributed by atoms with Crippen LogP contribution < -0.4 is 4.74 Å². The number of oxime groups is 1. The zero-order valence-electron chi connectivity index (χ0n) is 20.7. The van der Waals surface area contributed by atoms with E-state index in [0.29, 0.717) is 29.3 Å². The van der Waals surface area contributed by atoms with E-state index < -0.39 is 11.8 Å². The maximum atomic E-state index is 15.3. The molecule has 0 aliphatic carbocycles. The number of halogens is 3. The second kappa shape index (κ2) is 11.7. The molecule has 9 heteroatoms. The summed E-state index contributed by atoms with van der Waals surface area (Å²) in [6, 6.07) is 14.2. The van der Waals surface area contributed by atoms with E-state index >= 15 is 4.39 Å². The molecule has 1 unspecified atom stereocenters. The Morgan fingerprint density at radius 1 is 1.16 bits per heavy atom. The molecule has 0 saturated carbocycles. The van der Waals surface area contributed by atoms with Crippen LogP contribution in [0.5, 0.6) is 11.5 Å². The van der Waals surface area contributed by atoms with E-state index in [0.717, 1.165) is 16.7 Å². The molecule has 4 rings (SSSR count). The summed E-state index contributed by atoms with van der Waals surface area (Å²) in [7, 11) is 1.92. The predicted octanol–water partition coefficient (Wildman–Crippen LogP) is 7.67. The molecule has 2 N–H and O–H groups in total. The highest BCUT2D eigenvalue weighted by Gasteiger charge is 2.24. The molecule has 0 bridgehead atoms. The minimum Gasteiger partial charge on any atom is -0.478 e. The highest BCUT2D eigenvalue weighted by molar-refractivity contribution is 6.33. The molecule has 1 atom stereocenters. The first-order chi connectivity index (χ1) is 18.2. The van der Waals surface area contributed by atoms with Crippen LogP contribution in [0.1, 0.15) is 39.4 Å². The quantitative estimate of drug-likeness (QED) is 0.169. The molecule has 1 heterocycles. The third kappa shape index (κ3) is 6.18. The Balaban J connectivity index is 1.69. The van der Waals surface area contributed by atoms with Crippen LogP contribution in [-0.4, -0.2) is 40.5 Å². The molecule has 3 aromatic carbocycles. The first kappa shape index (κ1) is 27.2. The molecule has 0 aromatic heterocycles. The fraction of sp³-hybridized carbons (Fsp3) is 0.172. The molecule has 196 valence electrons. The highest BCUT2D eigenvalue weighted by Crippen LogP contribution is 2.36. The Morgan fingerprint density at radius 2 is 1.95 bits per heavy atom. The summed E-state index contributed by atoms with van der Waals surface area (Å²) in [5, 5.41) is 23.4. The van der Waals surface area contributed by atoms with Gasteiger partial charge in [0.25, 0.3) is 0 Å². The molecule has 0 spiro atoms. The number of benzene rings is 3. The lowest BCUT2D eigenvalue weighted by atomic mass is 9.83. The summed E-state index contributed by atoms with van der Waals surface area (Å²) >= 11 is 12.1. The minimum absolute atomic E-state index is 0.0537. The van der Waals surface area contributed by atoms with Gasteiger partial charge in [0.1, 0.15) is 5.75 Å².